The van der Waals surface area contributed by atoms with Gasteiger partial charge in [0.05, 0.1) is 6.20 Å². The first-order valence-electron chi connectivity index (χ1n) is 8.44. The van der Waals surface area contributed by atoms with E-state index in [1.165, 1.54) is 37.0 Å². The van der Waals surface area contributed by atoms with Gasteiger partial charge in [-0.05, 0) is 18.8 Å². The maximum atomic E-state index is 12.3. The molecular formula is C16H24N6O2. The highest BCUT2D eigenvalue weighted by Gasteiger charge is 2.18. The first-order valence-corrected chi connectivity index (χ1v) is 8.44. The number of hydrogen-bond donors (Lipinski definition) is 1. The van der Waals surface area contributed by atoms with Gasteiger partial charge in [-0.15, -0.1) is 10.2 Å². The van der Waals surface area contributed by atoms with Crippen molar-refractivity contribution in [1.29, 1.82) is 0 Å². The number of hydrogen-bond acceptors (Lipinski definition) is 5. The molecule has 8 heteroatoms. The van der Waals surface area contributed by atoms with Crippen LogP contribution in [0.25, 0.3) is 0 Å². The fourth-order valence-electron chi connectivity index (χ4n) is 3.08. The van der Waals surface area contributed by atoms with Crippen LogP contribution in [0, 0.1) is 12.8 Å². The summed E-state index contributed by atoms with van der Waals surface area (Å²) in [5.41, 5.74) is 0. The van der Waals surface area contributed by atoms with E-state index in [1.54, 1.807) is 20.2 Å². The number of nitrogens with zero attached hydrogens (tertiary/aromatic N) is 5. The predicted molar refractivity (Wildman–Crippen MR) is 88.3 cm³/mol. The molecule has 130 valence electrons. The van der Waals surface area contributed by atoms with Gasteiger partial charge >= 0.3 is 6.03 Å². The van der Waals surface area contributed by atoms with Crippen LogP contribution in [-0.4, -0.2) is 38.0 Å². The molecule has 0 aliphatic heterocycles. The van der Waals surface area contributed by atoms with Crippen LogP contribution >= 0.6 is 0 Å². The molecule has 2 aromatic heterocycles. The molecule has 1 saturated carbocycles. The smallest absolute Gasteiger partial charge is 0.323 e. The highest BCUT2D eigenvalue weighted by Crippen LogP contribution is 2.25. The average Bonchev–Trinajstić information content (AvgIpc) is 3.17. The topological polar surface area (TPSA) is 89.1 Å². The lowest BCUT2D eigenvalue weighted by Gasteiger charge is -2.23. The van der Waals surface area contributed by atoms with E-state index in [4.69, 9.17) is 4.42 Å². The summed E-state index contributed by atoms with van der Waals surface area (Å²) in [6.07, 6.45) is 8.12. The van der Waals surface area contributed by atoms with E-state index in [-0.39, 0.29) is 12.6 Å². The van der Waals surface area contributed by atoms with Crippen LogP contribution in [0.1, 0.15) is 43.9 Å². The van der Waals surface area contributed by atoms with E-state index in [0.717, 1.165) is 12.4 Å². The lowest BCUT2D eigenvalue weighted by Crippen LogP contribution is -2.32. The van der Waals surface area contributed by atoms with Gasteiger partial charge in [-0.3, -0.25) is 5.32 Å². The maximum absolute atomic E-state index is 12.3. The van der Waals surface area contributed by atoms with Crippen molar-refractivity contribution in [2.45, 2.75) is 52.1 Å². The lowest BCUT2D eigenvalue weighted by molar-refractivity contribution is 0.215. The van der Waals surface area contributed by atoms with Crippen molar-refractivity contribution >= 4 is 11.8 Å². The zero-order valence-corrected chi connectivity index (χ0v) is 14.2. The summed E-state index contributed by atoms with van der Waals surface area (Å²) in [6.45, 7) is 2.85. The first-order chi connectivity index (χ1) is 11.6. The molecule has 24 heavy (non-hydrogen) atoms. The van der Waals surface area contributed by atoms with Gasteiger partial charge in [0, 0.05) is 26.6 Å². The van der Waals surface area contributed by atoms with Gasteiger partial charge in [-0.25, -0.2) is 9.48 Å². The molecule has 0 radical (unpaired) electrons. The Labute approximate surface area is 141 Å². The third-order valence-electron chi connectivity index (χ3n) is 4.39. The molecule has 2 aromatic rings. The van der Waals surface area contributed by atoms with Crippen molar-refractivity contribution < 1.29 is 9.21 Å². The Hall–Kier alpha value is -2.38. The van der Waals surface area contributed by atoms with Crippen molar-refractivity contribution in [1.82, 2.24) is 24.9 Å². The number of carbonyl (C=O) groups excluding carboxylic acids is 1. The molecule has 1 aliphatic rings. The van der Waals surface area contributed by atoms with Crippen molar-refractivity contribution in [3.63, 3.8) is 0 Å². The molecule has 0 aromatic carbocycles. The van der Waals surface area contributed by atoms with Crippen LogP contribution in [0.2, 0.25) is 0 Å². The van der Waals surface area contributed by atoms with E-state index in [1.807, 2.05) is 10.7 Å². The number of amides is 2. The Balaban J connectivity index is 1.57. The van der Waals surface area contributed by atoms with Crippen LogP contribution in [-0.2, 0) is 13.1 Å². The zero-order chi connectivity index (χ0) is 16.9. The number of anilines is 1. The van der Waals surface area contributed by atoms with E-state index in [0.29, 0.717) is 17.7 Å². The predicted octanol–water partition coefficient (Wildman–Crippen LogP) is 2.82. The Morgan fingerprint density at radius 3 is 2.88 bits per heavy atom. The van der Waals surface area contributed by atoms with Crippen LogP contribution < -0.4 is 5.32 Å². The molecule has 8 nitrogen and oxygen atoms in total. The molecule has 0 saturated heterocycles. The van der Waals surface area contributed by atoms with Gasteiger partial charge in [0.15, 0.2) is 0 Å². The summed E-state index contributed by atoms with van der Waals surface area (Å²) < 4.78 is 7.19. The largest absolute Gasteiger partial charge is 0.424 e. The summed E-state index contributed by atoms with van der Waals surface area (Å²) in [6, 6.07) is 1.60. The van der Waals surface area contributed by atoms with Crippen LogP contribution in [0.4, 0.5) is 10.6 Å². The second-order valence-corrected chi connectivity index (χ2v) is 6.40. The van der Waals surface area contributed by atoms with Crippen molar-refractivity contribution in [2.24, 2.45) is 5.92 Å². The summed E-state index contributed by atoms with van der Waals surface area (Å²) in [7, 11) is 1.69. The molecule has 0 unspecified atom stereocenters. The van der Waals surface area contributed by atoms with Crippen LogP contribution in [0.3, 0.4) is 0 Å². The maximum Gasteiger partial charge on any atom is 0.323 e. The number of urea groups is 1. The van der Waals surface area contributed by atoms with Crippen LogP contribution in [0.5, 0.6) is 0 Å². The Morgan fingerprint density at radius 1 is 1.38 bits per heavy atom. The quantitative estimate of drug-likeness (QED) is 0.909. The van der Waals surface area contributed by atoms with Gasteiger partial charge in [0.1, 0.15) is 12.4 Å². The SMILES string of the molecule is Cc1nnc(CN(C)C(=O)Nc2ccnn2CC2CCCCC2)o1. The molecule has 3 rings (SSSR count). The Bertz CT molecular complexity index is 674. The summed E-state index contributed by atoms with van der Waals surface area (Å²) in [5.74, 6) is 2.28. The van der Waals surface area contributed by atoms with Crippen molar-refractivity contribution in [3.05, 3.63) is 24.0 Å². The minimum atomic E-state index is -0.226. The van der Waals surface area contributed by atoms with Gasteiger partial charge in [0.25, 0.3) is 0 Å². The molecule has 0 atom stereocenters. The fourth-order valence-corrected chi connectivity index (χ4v) is 3.08. The second kappa shape index (κ2) is 7.46. The first kappa shape index (κ1) is 16.5. The van der Waals surface area contributed by atoms with Gasteiger partial charge in [-0.1, -0.05) is 19.3 Å². The minimum absolute atomic E-state index is 0.226. The molecular weight excluding hydrogens is 308 g/mol. The van der Waals surface area contributed by atoms with Crippen molar-refractivity contribution in [2.75, 3.05) is 12.4 Å². The monoisotopic (exact) mass is 332 g/mol. The minimum Gasteiger partial charge on any atom is -0.424 e. The van der Waals surface area contributed by atoms with Gasteiger partial charge in [0.2, 0.25) is 11.8 Å². The third kappa shape index (κ3) is 4.12. The van der Waals surface area contributed by atoms with E-state index in [9.17, 15) is 4.79 Å². The summed E-state index contributed by atoms with van der Waals surface area (Å²) in [5, 5.41) is 14.9. The molecule has 2 amide bonds. The molecule has 1 N–H and O–H groups in total. The summed E-state index contributed by atoms with van der Waals surface area (Å²) >= 11 is 0. The van der Waals surface area contributed by atoms with Crippen molar-refractivity contribution in [3.8, 4) is 0 Å². The number of nitrogens with one attached hydrogen (secondary N) is 1. The number of aromatic nitrogens is 4. The second-order valence-electron chi connectivity index (χ2n) is 6.40. The van der Waals surface area contributed by atoms with E-state index in [2.05, 4.69) is 20.6 Å². The fraction of sp³-hybridized carbons (Fsp3) is 0.625. The van der Waals surface area contributed by atoms with Gasteiger partial charge in [-0.2, -0.15) is 5.10 Å². The molecule has 0 bridgehead atoms. The molecule has 1 aliphatic carbocycles. The highest BCUT2D eigenvalue weighted by molar-refractivity contribution is 5.88. The number of rotatable bonds is 5. The Kier molecular flexibility index (Phi) is 5.12. The number of aryl methyl sites for hydroxylation is 1. The average molecular weight is 332 g/mol. The third-order valence-corrected chi connectivity index (χ3v) is 4.39. The highest BCUT2D eigenvalue weighted by atomic mass is 16.4. The molecule has 0 spiro atoms. The van der Waals surface area contributed by atoms with E-state index >= 15 is 0 Å². The van der Waals surface area contributed by atoms with E-state index < -0.39 is 0 Å². The standard InChI is InChI=1S/C16H24N6O2/c1-12-19-20-15(24-12)11-21(2)16(23)18-14-8-9-17-22(14)10-13-6-4-3-5-7-13/h8-9,13H,3-7,10-11H2,1-2H3,(H,18,23). The zero-order valence-electron chi connectivity index (χ0n) is 14.2. The number of carbonyl (C=O) groups is 1. The lowest BCUT2D eigenvalue weighted by atomic mass is 9.89. The normalized spacial score (nSPS) is 15.4. The molecule has 1 fully saturated rings. The van der Waals surface area contributed by atoms with Gasteiger partial charge < -0.3 is 9.32 Å². The Morgan fingerprint density at radius 2 is 2.17 bits per heavy atom. The summed E-state index contributed by atoms with van der Waals surface area (Å²) in [4.78, 5) is 13.9. The molecule has 2 heterocycles. The van der Waals surface area contributed by atoms with Crippen LogP contribution in [0.15, 0.2) is 16.7 Å².